The van der Waals surface area contributed by atoms with E-state index in [9.17, 15) is 4.79 Å². The molecule has 3 heterocycles. The standard InChI is InChI=1S/C22H32N4O2/c1-26-11-9-22(10-12-26)13-18(16-6-2-3-8-19(16)28-22)24-21(27)17-7-4-5-15-14-23-25-20(15)17/h2-3,6,8,15,17-18,20,23,25H,4-5,7,9-14H2,1H3,(H,24,27). The molecule has 0 radical (unpaired) electrons. The number of benzene rings is 1. The number of nitrogens with zero attached hydrogens (tertiary/aromatic N) is 1. The molecule has 1 spiro atoms. The molecule has 3 N–H and O–H groups in total. The van der Waals surface area contributed by atoms with Crippen LogP contribution in [0.3, 0.4) is 0 Å². The number of carbonyl (C=O) groups excluding carboxylic acids is 1. The van der Waals surface area contributed by atoms with E-state index in [-0.39, 0.29) is 29.5 Å². The Labute approximate surface area is 167 Å². The molecule has 28 heavy (non-hydrogen) atoms. The monoisotopic (exact) mass is 384 g/mol. The maximum absolute atomic E-state index is 13.3. The molecule has 2 saturated heterocycles. The van der Waals surface area contributed by atoms with Crippen molar-refractivity contribution in [3.63, 3.8) is 0 Å². The molecule has 1 amide bonds. The Morgan fingerprint density at radius 1 is 1.25 bits per heavy atom. The predicted molar refractivity (Wildman–Crippen MR) is 108 cm³/mol. The van der Waals surface area contributed by atoms with Gasteiger partial charge in [0, 0.05) is 37.7 Å². The van der Waals surface area contributed by atoms with E-state index in [1.807, 2.05) is 12.1 Å². The van der Waals surface area contributed by atoms with E-state index >= 15 is 0 Å². The Hall–Kier alpha value is -1.63. The van der Waals surface area contributed by atoms with Crippen LogP contribution >= 0.6 is 0 Å². The molecule has 1 aliphatic carbocycles. The number of fused-ring (bicyclic) bond motifs is 2. The van der Waals surface area contributed by atoms with Crippen molar-refractivity contribution in [1.29, 1.82) is 0 Å². The molecule has 0 aromatic heterocycles. The van der Waals surface area contributed by atoms with Crippen molar-refractivity contribution < 1.29 is 9.53 Å². The largest absolute Gasteiger partial charge is 0.487 e. The molecule has 4 atom stereocenters. The van der Waals surface area contributed by atoms with Gasteiger partial charge < -0.3 is 15.0 Å². The Balaban J connectivity index is 1.36. The highest BCUT2D eigenvalue weighted by molar-refractivity contribution is 5.80. The van der Waals surface area contributed by atoms with Crippen LogP contribution in [-0.4, -0.2) is 49.1 Å². The van der Waals surface area contributed by atoms with Gasteiger partial charge in [-0.3, -0.25) is 15.6 Å². The summed E-state index contributed by atoms with van der Waals surface area (Å²) in [5.74, 6) is 1.78. The fraction of sp³-hybridized carbons (Fsp3) is 0.682. The van der Waals surface area contributed by atoms with E-state index < -0.39 is 0 Å². The average molecular weight is 385 g/mol. The van der Waals surface area contributed by atoms with E-state index in [4.69, 9.17) is 4.74 Å². The first-order valence-electron chi connectivity index (χ1n) is 10.9. The average Bonchev–Trinajstić information content (AvgIpc) is 3.19. The number of amides is 1. The van der Waals surface area contributed by atoms with Crippen LogP contribution < -0.4 is 20.9 Å². The van der Waals surface area contributed by atoms with E-state index in [1.165, 1.54) is 6.42 Å². The Morgan fingerprint density at radius 3 is 2.93 bits per heavy atom. The van der Waals surface area contributed by atoms with Gasteiger partial charge in [-0.15, -0.1) is 0 Å². The minimum absolute atomic E-state index is 0.0376. The van der Waals surface area contributed by atoms with Crippen LogP contribution in [0.1, 0.15) is 50.1 Å². The zero-order valence-corrected chi connectivity index (χ0v) is 16.7. The third kappa shape index (κ3) is 3.31. The van der Waals surface area contributed by atoms with Gasteiger partial charge in [0.25, 0.3) is 0 Å². The smallest absolute Gasteiger partial charge is 0.225 e. The molecule has 4 unspecified atom stereocenters. The number of hydrogen-bond donors (Lipinski definition) is 3. The lowest BCUT2D eigenvalue weighted by atomic mass is 9.77. The SMILES string of the molecule is CN1CCC2(CC1)CC(NC(=O)C1CCCC3CNNC31)c1ccccc1O2. The third-order valence-corrected chi connectivity index (χ3v) is 7.41. The summed E-state index contributed by atoms with van der Waals surface area (Å²) in [4.78, 5) is 15.7. The molecule has 1 aromatic carbocycles. The maximum atomic E-state index is 13.3. The van der Waals surface area contributed by atoms with E-state index in [2.05, 4.69) is 40.2 Å². The fourth-order valence-electron chi connectivity index (χ4n) is 5.70. The van der Waals surface area contributed by atoms with E-state index in [1.54, 1.807) is 0 Å². The van der Waals surface area contributed by atoms with Crippen molar-refractivity contribution in [2.24, 2.45) is 11.8 Å². The van der Waals surface area contributed by atoms with Gasteiger partial charge in [-0.25, -0.2) is 0 Å². The summed E-state index contributed by atoms with van der Waals surface area (Å²) >= 11 is 0. The topological polar surface area (TPSA) is 65.6 Å². The van der Waals surface area contributed by atoms with Crippen LogP contribution in [0.4, 0.5) is 0 Å². The number of carbonyl (C=O) groups is 1. The van der Waals surface area contributed by atoms with Crippen LogP contribution in [0, 0.1) is 11.8 Å². The van der Waals surface area contributed by atoms with Crippen molar-refractivity contribution in [2.45, 2.75) is 56.2 Å². The summed E-state index contributed by atoms with van der Waals surface area (Å²) in [5, 5.41) is 3.44. The van der Waals surface area contributed by atoms with Crippen LogP contribution in [0.25, 0.3) is 0 Å². The number of rotatable bonds is 2. The number of hydrogen-bond acceptors (Lipinski definition) is 5. The summed E-state index contributed by atoms with van der Waals surface area (Å²) in [6.07, 6.45) is 6.24. The van der Waals surface area contributed by atoms with Gasteiger partial charge >= 0.3 is 0 Å². The minimum Gasteiger partial charge on any atom is -0.487 e. The molecule has 3 fully saturated rings. The van der Waals surface area contributed by atoms with Gasteiger partial charge in [0.2, 0.25) is 5.91 Å². The van der Waals surface area contributed by atoms with E-state index in [0.717, 1.165) is 63.1 Å². The quantitative estimate of drug-likeness (QED) is 0.728. The zero-order valence-electron chi connectivity index (χ0n) is 16.7. The number of piperidine rings is 1. The normalized spacial score (nSPS) is 34.3. The highest BCUT2D eigenvalue weighted by Gasteiger charge is 2.45. The molecule has 6 nitrogen and oxygen atoms in total. The van der Waals surface area contributed by atoms with Gasteiger partial charge in [0.1, 0.15) is 11.4 Å². The molecule has 5 rings (SSSR count). The molecular formula is C22H32N4O2. The molecular weight excluding hydrogens is 352 g/mol. The number of para-hydroxylation sites is 1. The molecule has 3 aliphatic heterocycles. The van der Waals surface area contributed by atoms with Gasteiger partial charge in [-0.05, 0) is 44.7 Å². The zero-order chi connectivity index (χ0) is 19.1. The molecule has 6 heteroatoms. The lowest BCUT2D eigenvalue weighted by Gasteiger charge is -2.46. The van der Waals surface area contributed by atoms with Crippen molar-refractivity contribution in [2.75, 3.05) is 26.7 Å². The highest BCUT2D eigenvalue weighted by atomic mass is 16.5. The summed E-state index contributed by atoms with van der Waals surface area (Å²) in [6, 6.07) is 8.56. The summed E-state index contributed by atoms with van der Waals surface area (Å²) < 4.78 is 6.54. The summed E-state index contributed by atoms with van der Waals surface area (Å²) in [6.45, 7) is 3.07. The molecule has 4 aliphatic rings. The molecule has 1 saturated carbocycles. The van der Waals surface area contributed by atoms with Crippen molar-refractivity contribution in [1.82, 2.24) is 21.1 Å². The predicted octanol–water partition coefficient (Wildman–Crippen LogP) is 1.98. The minimum atomic E-state index is -0.152. The first-order chi connectivity index (χ1) is 13.6. The van der Waals surface area contributed by atoms with Gasteiger partial charge in [0.15, 0.2) is 0 Å². The fourth-order valence-corrected chi connectivity index (χ4v) is 5.70. The van der Waals surface area contributed by atoms with Gasteiger partial charge in [-0.1, -0.05) is 24.6 Å². The highest BCUT2D eigenvalue weighted by Crippen LogP contribution is 2.44. The van der Waals surface area contributed by atoms with Crippen molar-refractivity contribution in [3.8, 4) is 5.75 Å². The first-order valence-corrected chi connectivity index (χ1v) is 10.9. The van der Waals surface area contributed by atoms with Gasteiger partial charge in [0.05, 0.1) is 12.0 Å². The summed E-state index contributed by atoms with van der Waals surface area (Å²) in [5.41, 5.74) is 7.61. The van der Waals surface area contributed by atoms with Crippen LogP contribution in [0.2, 0.25) is 0 Å². The van der Waals surface area contributed by atoms with E-state index in [0.29, 0.717) is 5.92 Å². The molecule has 1 aromatic rings. The number of hydrazine groups is 1. The number of ether oxygens (including phenoxy) is 1. The second-order valence-electron chi connectivity index (χ2n) is 9.24. The Kier molecular flexibility index (Phi) is 4.81. The van der Waals surface area contributed by atoms with Gasteiger partial charge in [-0.2, -0.15) is 0 Å². The number of nitrogens with one attached hydrogen (secondary N) is 3. The maximum Gasteiger partial charge on any atom is 0.225 e. The molecule has 152 valence electrons. The van der Waals surface area contributed by atoms with Crippen molar-refractivity contribution in [3.05, 3.63) is 29.8 Å². The Bertz CT molecular complexity index is 731. The lowest BCUT2D eigenvalue weighted by molar-refractivity contribution is -0.128. The van der Waals surface area contributed by atoms with Crippen LogP contribution in [-0.2, 0) is 4.79 Å². The van der Waals surface area contributed by atoms with Crippen LogP contribution in [0.5, 0.6) is 5.75 Å². The second-order valence-corrected chi connectivity index (χ2v) is 9.24. The number of likely N-dealkylation sites (tertiary alicyclic amines) is 1. The van der Waals surface area contributed by atoms with Crippen molar-refractivity contribution >= 4 is 5.91 Å². The summed E-state index contributed by atoms with van der Waals surface area (Å²) in [7, 11) is 2.17. The third-order valence-electron chi connectivity index (χ3n) is 7.41. The second kappa shape index (κ2) is 7.32. The van der Waals surface area contributed by atoms with Crippen LogP contribution in [0.15, 0.2) is 24.3 Å². The molecule has 0 bridgehead atoms. The Morgan fingerprint density at radius 2 is 2.07 bits per heavy atom. The lowest BCUT2D eigenvalue weighted by Crippen LogP contribution is -2.53. The first kappa shape index (κ1) is 18.4.